The fourth-order valence-electron chi connectivity index (χ4n) is 1.68. The summed E-state index contributed by atoms with van der Waals surface area (Å²) in [6.45, 7) is 3.82. The van der Waals surface area contributed by atoms with Crippen LogP contribution in [0.25, 0.3) is 0 Å². The van der Waals surface area contributed by atoms with E-state index in [9.17, 15) is 14.9 Å². The lowest BCUT2D eigenvalue weighted by Gasteiger charge is -2.05. The smallest absolute Gasteiger partial charge is 0.270 e. The molecule has 1 N–H and O–H groups in total. The maximum atomic E-state index is 11.6. The second-order valence-electron chi connectivity index (χ2n) is 4.05. The second-order valence-corrected chi connectivity index (χ2v) is 5.35. The van der Waals surface area contributed by atoms with E-state index in [1.165, 1.54) is 11.5 Å². The maximum absolute atomic E-state index is 11.6. The maximum Gasteiger partial charge on any atom is 0.343 e. The summed E-state index contributed by atoms with van der Waals surface area (Å²) in [5, 5.41) is 17.5. The van der Waals surface area contributed by atoms with Crippen molar-refractivity contribution >= 4 is 29.1 Å². The molecule has 2 aromatic heterocycles. The van der Waals surface area contributed by atoms with Crippen molar-refractivity contribution in [2.45, 2.75) is 37.0 Å². The van der Waals surface area contributed by atoms with Crippen LogP contribution in [0.15, 0.2) is 15.0 Å². The summed E-state index contributed by atoms with van der Waals surface area (Å²) in [6.07, 6.45) is 0.721. The van der Waals surface area contributed by atoms with Gasteiger partial charge in [-0.1, -0.05) is 6.92 Å². The van der Waals surface area contributed by atoms with Gasteiger partial charge in [0.1, 0.15) is 5.69 Å². The lowest BCUT2D eigenvalue weighted by Crippen LogP contribution is -2.17. The van der Waals surface area contributed by atoms with Crippen molar-refractivity contribution in [1.82, 2.24) is 24.7 Å². The zero-order chi connectivity index (χ0) is 15.6. The highest BCUT2D eigenvalue weighted by Gasteiger charge is 2.24. The average molecular weight is 331 g/mol. The number of hydrogen-bond acceptors (Lipinski definition) is 7. The molecular formula is C10H11ClN6O3S. The van der Waals surface area contributed by atoms with Crippen LogP contribution in [-0.4, -0.2) is 29.7 Å². The lowest BCUT2D eigenvalue weighted by molar-refractivity contribution is -0.389. The van der Waals surface area contributed by atoms with Gasteiger partial charge in [-0.05, 0) is 36.7 Å². The van der Waals surface area contributed by atoms with Gasteiger partial charge in [0.25, 0.3) is 0 Å². The average Bonchev–Trinajstić information content (AvgIpc) is 2.70. The van der Waals surface area contributed by atoms with Gasteiger partial charge < -0.3 is 0 Å². The first-order chi connectivity index (χ1) is 9.93. The van der Waals surface area contributed by atoms with E-state index in [1.54, 1.807) is 0 Å². The zero-order valence-corrected chi connectivity index (χ0v) is 12.7. The van der Waals surface area contributed by atoms with Crippen molar-refractivity contribution in [2.24, 2.45) is 0 Å². The summed E-state index contributed by atoms with van der Waals surface area (Å²) >= 11 is 6.65. The number of nitrogens with zero attached hydrogens (tertiary/aromatic N) is 5. The molecule has 11 heteroatoms. The van der Waals surface area contributed by atoms with E-state index >= 15 is 0 Å². The molecule has 2 aromatic rings. The second kappa shape index (κ2) is 6.22. The Balaban J connectivity index is 2.49. The molecule has 0 bridgehead atoms. The third kappa shape index (κ3) is 3.22. The first kappa shape index (κ1) is 15.4. The van der Waals surface area contributed by atoms with Gasteiger partial charge in [-0.15, -0.1) is 5.10 Å². The fourth-order valence-corrected chi connectivity index (χ4v) is 2.94. The van der Waals surface area contributed by atoms with E-state index in [2.05, 4.69) is 20.2 Å². The van der Waals surface area contributed by atoms with E-state index < -0.39 is 4.92 Å². The topological polar surface area (TPSA) is 120 Å². The molecular weight excluding hydrogens is 320 g/mol. The molecule has 0 saturated heterocycles. The molecule has 21 heavy (non-hydrogen) atoms. The Bertz CT molecular complexity index is 743. The molecule has 2 heterocycles. The third-order valence-corrected chi connectivity index (χ3v) is 3.68. The molecule has 0 aliphatic carbocycles. The minimum atomic E-state index is -0.580. The molecule has 0 fully saturated rings. The molecule has 0 saturated carbocycles. The number of nitrogens with one attached hydrogen (secondary N) is 1. The van der Waals surface area contributed by atoms with Crippen LogP contribution in [0, 0.1) is 17.0 Å². The van der Waals surface area contributed by atoms with E-state index in [1.807, 2.05) is 6.92 Å². The Morgan fingerprint density at radius 1 is 1.48 bits per heavy atom. The van der Waals surface area contributed by atoms with Crippen LogP contribution in [-0.2, 0) is 6.54 Å². The van der Waals surface area contributed by atoms with Gasteiger partial charge in [0.2, 0.25) is 5.28 Å². The van der Waals surface area contributed by atoms with Crippen LogP contribution >= 0.6 is 23.4 Å². The van der Waals surface area contributed by atoms with Gasteiger partial charge in [-0.25, -0.2) is 19.9 Å². The molecule has 0 aliphatic rings. The van der Waals surface area contributed by atoms with Crippen molar-refractivity contribution in [3.63, 3.8) is 0 Å². The number of aromatic amines is 1. The SMILES string of the molecule is CCCn1c(Sc2nc(Cl)nc(C)c2[N+](=O)[O-])n[nH]c1=O. The Hall–Kier alpha value is -1.94. The molecule has 0 spiro atoms. The first-order valence-corrected chi connectivity index (χ1v) is 7.15. The summed E-state index contributed by atoms with van der Waals surface area (Å²) in [7, 11) is 0. The van der Waals surface area contributed by atoms with Gasteiger partial charge in [-0.2, -0.15) is 0 Å². The quantitative estimate of drug-likeness (QED) is 0.384. The zero-order valence-electron chi connectivity index (χ0n) is 11.2. The number of aryl methyl sites for hydroxylation is 1. The molecule has 0 amide bonds. The van der Waals surface area contributed by atoms with Crippen molar-refractivity contribution in [3.05, 3.63) is 31.6 Å². The van der Waals surface area contributed by atoms with E-state index in [4.69, 9.17) is 11.6 Å². The number of H-pyrrole nitrogens is 1. The molecule has 9 nitrogen and oxygen atoms in total. The molecule has 0 atom stereocenters. The minimum absolute atomic E-state index is 0.0499. The van der Waals surface area contributed by atoms with Crippen LogP contribution in [0.3, 0.4) is 0 Å². The number of rotatable bonds is 5. The lowest BCUT2D eigenvalue weighted by atomic mass is 10.4. The molecule has 2 rings (SSSR count). The molecule has 0 radical (unpaired) electrons. The monoisotopic (exact) mass is 330 g/mol. The number of nitro groups is 1. The van der Waals surface area contributed by atoms with E-state index in [0.717, 1.165) is 18.2 Å². The van der Waals surface area contributed by atoms with Crippen LogP contribution < -0.4 is 5.69 Å². The first-order valence-electron chi connectivity index (χ1n) is 5.95. The number of halogens is 1. The number of hydrogen-bond donors (Lipinski definition) is 1. The summed E-state index contributed by atoms with van der Waals surface area (Å²) in [4.78, 5) is 29.8. The Morgan fingerprint density at radius 3 is 2.81 bits per heavy atom. The third-order valence-electron chi connectivity index (χ3n) is 2.54. The molecule has 0 aliphatic heterocycles. The van der Waals surface area contributed by atoms with Gasteiger partial charge in [0.05, 0.1) is 4.92 Å². The van der Waals surface area contributed by atoms with Gasteiger partial charge >= 0.3 is 11.4 Å². The van der Waals surface area contributed by atoms with Gasteiger partial charge in [0.15, 0.2) is 10.2 Å². The van der Waals surface area contributed by atoms with Crippen molar-refractivity contribution < 1.29 is 4.92 Å². The standard InChI is InChI=1S/C10H11ClN6O3S/c1-3-4-16-9(18)14-15-10(16)21-7-6(17(19)20)5(2)12-8(11)13-7/h3-4H2,1-2H3,(H,14,18). The van der Waals surface area contributed by atoms with Crippen LogP contribution in [0.4, 0.5) is 5.69 Å². The van der Waals surface area contributed by atoms with Crippen LogP contribution in [0.1, 0.15) is 19.0 Å². The summed E-state index contributed by atoms with van der Waals surface area (Å²) < 4.78 is 1.39. The summed E-state index contributed by atoms with van der Waals surface area (Å²) in [5.74, 6) is 0. The van der Waals surface area contributed by atoms with E-state index in [0.29, 0.717) is 11.7 Å². The summed E-state index contributed by atoms with van der Waals surface area (Å²) in [5.41, 5.74) is -0.468. The molecule has 0 unspecified atom stereocenters. The van der Waals surface area contributed by atoms with Crippen molar-refractivity contribution in [2.75, 3.05) is 0 Å². The molecule has 112 valence electrons. The van der Waals surface area contributed by atoms with Crippen LogP contribution in [0.5, 0.6) is 0 Å². The Morgan fingerprint density at radius 2 is 2.19 bits per heavy atom. The van der Waals surface area contributed by atoms with Crippen LogP contribution in [0.2, 0.25) is 5.28 Å². The Labute approximate surface area is 127 Å². The highest BCUT2D eigenvalue weighted by molar-refractivity contribution is 7.99. The largest absolute Gasteiger partial charge is 0.343 e. The van der Waals surface area contributed by atoms with Crippen molar-refractivity contribution in [3.8, 4) is 0 Å². The highest BCUT2D eigenvalue weighted by Crippen LogP contribution is 2.33. The predicted octanol–water partition coefficient (Wildman–Crippen LogP) is 1.79. The predicted molar refractivity (Wildman–Crippen MR) is 75.7 cm³/mol. The van der Waals surface area contributed by atoms with Gasteiger partial charge in [-0.3, -0.25) is 14.7 Å². The number of aromatic nitrogens is 5. The van der Waals surface area contributed by atoms with Crippen molar-refractivity contribution in [1.29, 1.82) is 0 Å². The Kier molecular flexibility index (Phi) is 4.58. The molecule has 0 aromatic carbocycles. The normalized spacial score (nSPS) is 10.8. The highest BCUT2D eigenvalue weighted by atomic mass is 35.5. The summed E-state index contributed by atoms with van der Waals surface area (Å²) in [6, 6.07) is 0. The van der Waals surface area contributed by atoms with Gasteiger partial charge in [0, 0.05) is 6.54 Å². The minimum Gasteiger partial charge on any atom is -0.270 e. The fraction of sp³-hybridized carbons (Fsp3) is 0.400. The van der Waals surface area contributed by atoms with E-state index in [-0.39, 0.29) is 27.4 Å².